The van der Waals surface area contributed by atoms with Crippen LogP contribution in [0.1, 0.15) is 5.82 Å². The Balaban J connectivity index is 1.31. The first-order valence-electron chi connectivity index (χ1n) is 11.8. The number of amides is 1. The number of piperazine rings is 1. The van der Waals surface area contributed by atoms with E-state index < -0.39 is 0 Å². The predicted molar refractivity (Wildman–Crippen MR) is 137 cm³/mol. The number of hydrogen-bond donors (Lipinski definition) is 0. The van der Waals surface area contributed by atoms with E-state index in [0.717, 1.165) is 22.7 Å². The number of carbonyl (C=O) groups is 1. The van der Waals surface area contributed by atoms with Crippen molar-refractivity contribution in [1.29, 1.82) is 0 Å². The van der Waals surface area contributed by atoms with Gasteiger partial charge in [-0.1, -0.05) is 18.2 Å². The average molecular weight is 485 g/mol. The summed E-state index contributed by atoms with van der Waals surface area (Å²) >= 11 is 0. The molecule has 0 atom stereocenters. The predicted octanol–water partition coefficient (Wildman–Crippen LogP) is 3.24. The molecular weight excluding hydrogens is 456 g/mol. The molecule has 3 heterocycles. The van der Waals surface area contributed by atoms with E-state index >= 15 is 0 Å². The summed E-state index contributed by atoms with van der Waals surface area (Å²) in [6, 6.07) is 17.7. The van der Waals surface area contributed by atoms with Crippen LogP contribution in [0.3, 0.4) is 0 Å². The molecule has 5 rings (SSSR count). The van der Waals surface area contributed by atoms with Crippen LogP contribution in [0.4, 0.5) is 5.95 Å². The summed E-state index contributed by atoms with van der Waals surface area (Å²) < 4.78 is 12.4. The van der Waals surface area contributed by atoms with Crippen molar-refractivity contribution in [3.05, 3.63) is 79.0 Å². The highest BCUT2D eigenvalue weighted by atomic mass is 16.5. The van der Waals surface area contributed by atoms with Gasteiger partial charge in [-0.05, 0) is 36.4 Å². The third kappa shape index (κ3) is 5.00. The minimum atomic E-state index is 0.0503. The number of benzene rings is 2. The van der Waals surface area contributed by atoms with Gasteiger partial charge in [-0.15, -0.1) is 0 Å². The molecule has 0 unspecified atom stereocenters. The van der Waals surface area contributed by atoms with Gasteiger partial charge in [0.1, 0.15) is 11.6 Å². The molecule has 0 spiro atoms. The first-order chi connectivity index (χ1) is 17.6. The molecule has 2 aromatic heterocycles. The molecule has 9 heteroatoms. The number of carbonyl (C=O) groups excluding carboxylic acids is 1. The molecule has 0 bridgehead atoms. The lowest BCUT2D eigenvalue weighted by Gasteiger charge is -2.34. The van der Waals surface area contributed by atoms with Crippen LogP contribution in [-0.4, -0.2) is 70.7 Å². The number of rotatable bonds is 7. The maximum atomic E-state index is 13.3. The molecular formula is C27H28N6O3. The second kappa shape index (κ2) is 10.5. The molecule has 2 aromatic carbocycles. The van der Waals surface area contributed by atoms with Crippen molar-refractivity contribution in [2.75, 3.05) is 45.3 Å². The smallest absolute Gasteiger partial charge is 0.230 e. The zero-order chi connectivity index (χ0) is 24.9. The lowest BCUT2D eigenvalue weighted by molar-refractivity contribution is -0.130. The Kier molecular flexibility index (Phi) is 6.79. The van der Waals surface area contributed by atoms with Crippen molar-refractivity contribution >= 4 is 11.9 Å². The average Bonchev–Trinajstić information content (AvgIpc) is 3.37. The van der Waals surface area contributed by atoms with Crippen LogP contribution in [0.2, 0.25) is 0 Å². The third-order valence-electron chi connectivity index (χ3n) is 6.27. The van der Waals surface area contributed by atoms with Gasteiger partial charge < -0.3 is 23.8 Å². The minimum Gasteiger partial charge on any atom is -0.497 e. The number of aromatic nitrogens is 4. The lowest BCUT2D eigenvalue weighted by atomic mass is 10.1. The Hall–Kier alpha value is -4.40. The van der Waals surface area contributed by atoms with Crippen LogP contribution in [0, 0.1) is 0 Å². The molecule has 1 aliphatic rings. The summed E-state index contributed by atoms with van der Waals surface area (Å²) in [7, 11) is 3.23. The van der Waals surface area contributed by atoms with Crippen LogP contribution in [0.15, 0.2) is 73.2 Å². The number of anilines is 1. The lowest BCUT2D eigenvalue weighted by Crippen LogP contribution is -2.49. The van der Waals surface area contributed by atoms with Gasteiger partial charge in [0.2, 0.25) is 11.9 Å². The third-order valence-corrected chi connectivity index (χ3v) is 6.27. The Labute approximate surface area is 210 Å². The van der Waals surface area contributed by atoms with Gasteiger partial charge in [-0.3, -0.25) is 4.79 Å². The zero-order valence-corrected chi connectivity index (χ0v) is 20.4. The second-order valence-corrected chi connectivity index (χ2v) is 8.44. The van der Waals surface area contributed by atoms with E-state index in [1.165, 1.54) is 0 Å². The van der Waals surface area contributed by atoms with Gasteiger partial charge >= 0.3 is 0 Å². The number of ether oxygens (including phenoxy) is 2. The van der Waals surface area contributed by atoms with E-state index in [2.05, 4.69) is 14.9 Å². The van der Waals surface area contributed by atoms with Gasteiger partial charge in [0.15, 0.2) is 5.75 Å². The van der Waals surface area contributed by atoms with Crippen molar-refractivity contribution in [2.45, 2.75) is 6.42 Å². The van der Waals surface area contributed by atoms with Gasteiger partial charge in [0, 0.05) is 43.6 Å². The highest BCUT2D eigenvalue weighted by Gasteiger charge is 2.24. The molecule has 1 aliphatic heterocycles. The van der Waals surface area contributed by atoms with Gasteiger partial charge in [0.25, 0.3) is 0 Å². The largest absolute Gasteiger partial charge is 0.497 e. The molecule has 0 saturated carbocycles. The molecule has 1 fully saturated rings. The van der Waals surface area contributed by atoms with Crippen LogP contribution >= 0.6 is 0 Å². The topological polar surface area (TPSA) is 85.6 Å². The fourth-order valence-electron chi connectivity index (χ4n) is 4.24. The summed E-state index contributed by atoms with van der Waals surface area (Å²) in [5, 5.41) is 0. The van der Waals surface area contributed by atoms with Crippen LogP contribution in [0.25, 0.3) is 16.9 Å². The van der Waals surface area contributed by atoms with Gasteiger partial charge in [0.05, 0.1) is 38.7 Å². The number of hydrogen-bond acceptors (Lipinski definition) is 7. The summed E-state index contributed by atoms with van der Waals surface area (Å²) in [6.07, 6.45) is 5.51. The van der Waals surface area contributed by atoms with E-state index in [4.69, 9.17) is 14.5 Å². The molecule has 1 amide bonds. The fourth-order valence-corrected chi connectivity index (χ4v) is 4.24. The number of methoxy groups -OCH3 is 2. The molecule has 9 nitrogen and oxygen atoms in total. The van der Waals surface area contributed by atoms with Crippen molar-refractivity contribution in [3.8, 4) is 28.4 Å². The summed E-state index contributed by atoms with van der Waals surface area (Å²) in [5.74, 6) is 2.81. The van der Waals surface area contributed by atoms with Gasteiger partial charge in [-0.25, -0.2) is 15.0 Å². The first-order valence-corrected chi connectivity index (χ1v) is 11.8. The van der Waals surface area contributed by atoms with E-state index in [1.807, 2.05) is 70.3 Å². The van der Waals surface area contributed by atoms with Gasteiger partial charge in [-0.2, -0.15) is 0 Å². The maximum absolute atomic E-state index is 13.3. The van der Waals surface area contributed by atoms with Crippen molar-refractivity contribution < 1.29 is 14.3 Å². The quantitative estimate of drug-likeness (QED) is 0.398. The van der Waals surface area contributed by atoms with Crippen molar-refractivity contribution in [2.24, 2.45) is 0 Å². The molecule has 0 aliphatic carbocycles. The maximum Gasteiger partial charge on any atom is 0.230 e. The van der Waals surface area contributed by atoms with Crippen molar-refractivity contribution in [1.82, 2.24) is 24.4 Å². The Morgan fingerprint density at radius 1 is 0.861 bits per heavy atom. The summed E-state index contributed by atoms with van der Waals surface area (Å²) in [6.45, 7) is 2.54. The van der Waals surface area contributed by atoms with Crippen LogP contribution in [-0.2, 0) is 11.2 Å². The fraction of sp³-hybridized carbons (Fsp3) is 0.259. The molecule has 4 aromatic rings. The standard InChI is InChI=1S/C27H28N6O3/c1-35-22-10-8-20(9-11-22)24-19-33(21-6-4-3-5-7-21)25(30-24)16-26(34)31-12-14-32(15-13-31)27-28-17-23(36-2)18-29-27/h3-11,17-19H,12-16H2,1-2H3. The van der Waals surface area contributed by atoms with E-state index in [1.54, 1.807) is 26.6 Å². The Bertz CT molecular complexity index is 1300. The molecule has 184 valence electrons. The molecule has 36 heavy (non-hydrogen) atoms. The highest BCUT2D eigenvalue weighted by Crippen LogP contribution is 2.25. The number of para-hydroxylation sites is 1. The second-order valence-electron chi connectivity index (χ2n) is 8.44. The number of nitrogens with zero attached hydrogens (tertiary/aromatic N) is 6. The number of imidazole rings is 1. The monoisotopic (exact) mass is 484 g/mol. The minimum absolute atomic E-state index is 0.0503. The molecule has 0 radical (unpaired) electrons. The van der Waals surface area contributed by atoms with Crippen LogP contribution in [0.5, 0.6) is 11.5 Å². The summed E-state index contributed by atoms with van der Waals surface area (Å²) in [5.41, 5.74) is 2.74. The first kappa shape index (κ1) is 23.3. The zero-order valence-electron chi connectivity index (χ0n) is 20.4. The molecule has 0 N–H and O–H groups in total. The van der Waals surface area contributed by atoms with E-state index in [0.29, 0.717) is 43.7 Å². The van der Waals surface area contributed by atoms with E-state index in [-0.39, 0.29) is 12.3 Å². The highest BCUT2D eigenvalue weighted by molar-refractivity contribution is 5.79. The SMILES string of the molecule is COc1ccc(-c2cn(-c3ccccc3)c(CC(=O)N3CCN(c4ncc(OC)cn4)CC3)n2)cc1. The van der Waals surface area contributed by atoms with Crippen LogP contribution < -0.4 is 14.4 Å². The summed E-state index contributed by atoms with van der Waals surface area (Å²) in [4.78, 5) is 30.8. The normalized spacial score (nSPS) is 13.5. The molecule has 1 saturated heterocycles. The van der Waals surface area contributed by atoms with Crippen molar-refractivity contribution in [3.63, 3.8) is 0 Å². The van der Waals surface area contributed by atoms with E-state index in [9.17, 15) is 4.79 Å². The Morgan fingerprint density at radius 3 is 2.17 bits per heavy atom. The Morgan fingerprint density at radius 2 is 1.53 bits per heavy atom.